The summed E-state index contributed by atoms with van der Waals surface area (Å²) in [4.78, 5) is 11.7. The first kappa shape index (κ1) is 11.9. The van der Waals surface area contributed by atoms with Crippen molar-refractivity contribution in [3.8, 4) is 0 Å². The van der Waals surface area contributed by atoms with Crippen molar-refractivity contribution in [3.05, 3.63) is 0 Å². The van der Waals surface area contributed by atoms with E-state index in [1.54, 1.807) is 11.8 Å². The lowest BCUT2D eigenvalue weighted by Crippen LogP contribution is -2.40. The molecule has 0 radical (unpaired) electrons. The minimum atomic E-state index is 0.0593. The first-order valence-corrected chi connectivity index (χ1v) is 6.50. The highest BCUT2D eigenvalue weighted by Crippen LogP contribution is 2.23. The third-order valence-corrected chi connectivity index (χ3v) is 3.84. The van der Waals surface area contributed by atoms with E-state index in [-0.39, 0.29) is 17.9 Å². The standard InChI is InChI=1S/C10H20N2OS/c1-7(14-2)6-12-10(13)8-4-3-5-9(8)11/h7-9H,3-6,11H2,1-2H3,(H,12,13). The maximum atomic E-state index is 11.7. The molecule has 3 nitrogen and oxygen atoms in total. The van der Waals surface area contributed by atoms with Gasteiger partial charge in [-0.1, -0.05) is 13.3 Å². The largest absolute Gasteiger partial charge is 0.355 e. The summed E-state index contributed by atoms with van der Waals surface area (Å²) in [6.45, 7) is 2.86. The molecule has 0 heterocycles. The Morgan fingerprint density at radius 1 is 1.64 bits per heavy atom. The van der Waals surface area contributed by atoms with Crippen LogP contribution in [-0.2, 0) is 4.79 Å². The highest BCUT2D eigenvalue weighted by Gasteiger charge is 2.29. The van der Waals surface area contributed by atoms with Crippen LogP contribution in [0.3, 0.4) is 0 Å². The van der Waals surface area contributed by atoms with E-state index in [1.165, 1.54) is 0 Å². The van der Waals surface area contributed by atoms with Crippen molar-refractivity contribution in [3.63, 3.8) is 0 Å². The Kier molecular flexibility index (Phi) is 4.75. The second-order valence-corrected chi connectivity index (χ2v) is 5.27. The Balaban J connectivity index is 2.27. The molecule has 0 bridgehead atoms. The zero-order valence-electron chi connectivity index (χ0n) is 8.95. The van der Waals surface area contributed by atoms with Crippen molar-refractivity contribution in [1.82, 2.24) is 5.32 Å². The van der Waals surface area contributed by atoms with E-state index in [0.717, 1.165) is 25.8 Å². The molecule has 1 saturated carbocycles. The summed E-state index contributed by atoms with van der Waals surface area (Å²) in [7, 11) is 0. The van der Waals surface area contributed by atoms with Crippen LogP contribution in [0.4, 0.5) is 0 Å². The van der Waals surface area contributed by atoms with Crippen LogP contribution < -0.4 is 11.1 Å². The van der Waals surface area contributed by atoms with Gasteiger partial charge in [0.05, 0.1) is 5.92 Å². The maximum absolute atomic E-state index is 11.7. The molecule has 82 valence electrons. The summed E-state index contributed by atoms with van der Waals surface area (Å²) in [6.07, 6.45) is 5.10. The number of nitrogens with one attached hydrogen (secondary N) is 1. The number of hydrogen-bond acceptors (Lipinski definition) is 3. The highest BCUT2D eigenvalue weighted by molar-refractivity contribution is 7.99. The third kappa shape index (κ3) is 3.17. The van der Waals surface area contributed by atoms with Crippen LogP contribution in [0, 0.1) is 5.92 Å². The van der Waals surface area contributed by atoms with Gasteiger partial charge in [-0.3, -0.25) is 4.79 Å². The lowest BCUT2D eigenvalue weighted by atomic mass is 10.0. The quantitative estimate of drug-likeness (QED) is 0.736. The van der Waals surface area contributed by atoms with Gasteiger partial charge < -0.3 is 11.1 Å². The Labute approximate surface area is 90.2 Å². The van der Waals surface area contributed by atoms with Gasteiger partial charge in [-0.25, -0.2) is 0 Å². The summed E-state index contributed by atoms with van der Waals surface area (Å²) in [5, 5.41) is 3.45. The molecule has 1 rings (SSSR count). The fourth-order valence-electron chi connectivity index (χ4n) is 1.77. The summed E-state index contributed by atoms with van der Waals surface area (Å²) < 4.78 is 0. The number of thioether (sulfide) groups is 1. The molecule has 3 atom stereocenters. The zero-order chi connectivity index (χ0) is 10.6. The lowest BCUT2D eigenvalue weighted by molar-refractivity contribution is -0.125. The van der Waals surface area contributed by atoms with Gasteiger partial charge in [-0.05, 0) is 19.1 Å². The van der Waals surface area contributed by atoms with E-state index >= 15 is 0 Å². The van der Waals surface area contributed by atoms with Crippen LogP contribution in [0.15, 0.2) is 0 Å². The van der Waals surface area contributed by atoms with Crippen molar-refractivity contribution in [2.24, 2.45) is 11.7 Å². The molecule has 1 aliphatic carbocycles. The molecule has 0 spiro atoms. The Bertz CT molecular complexity index is 199. The summed E-state index contributed by atoms with van der Waals surface area (Å²) in [6, 6.07) is 0.0829. The molecule has 1 amide bonds. The van der Waals surface area contributed by atoms with Gasteiger partial charge in [0.15, 0.2) is 0 Å². The van der Waals surface area contributed by atoms with Gasteiger partial charge in [0.1, 0.15) is 0 Å². The third-order valence-electron chi connectivity index (χ3n) is 2.87. The predicted octanol–water partition coefficient (Wildman–Crippen LogP) is 0.982. The van der Waals surface area contributed by atoms with Crippen molar-refractivity contribution in [1.29, 1.82) is 0 Å². The lowest BCUT2D eigenvalue weighted by Gasteiger charge is -2.16. The number of rotatable bonds is 4. The number of nitrogens with two attached hydrogens (primary N) is 1. The molecule has 0 aliphatic heterocycles. The average molecular weight is 216 g/mol. The number of amides is 1. The van der Waals surface area contributed by atoms with Gasteiger partial charge >= 0.3 is 0 Å². The van der Waals surface area contributed by atoms with Crippen LogP contribution in [0.25, 0.3) is 0 Å². The smallest absolute Gasteiger partial charge is 0.224 e. The first-order chi connectivity index (χ1) is 6.65. The Morgan fingerprint density at radius 3 is 2.86 bits per heavy atom. The number of hydrogen-bond donors (Lipinski definition) is 2. The van der Waals surface area contributed by atoms with Crippen molar-refractivity contribution in [2.75, 3.05) is 12.8 Å². The molecule has 3 N–H and O–H groups in total. The van der Waals surface area contributed by atoms with E-state index in [4.69, 9.17) is 5.73 Å². The van der Waals surface area contributed by atoms with Crippen LogP contribution in [-0.4, -0.2) is 30.0 Å². The van der Waals surface area contributed by atoms with Gasteiger partial charge in [0.2, 0.25) is 5.91 Å². The zero-order valence-corrected chi connectivity index (χ0v) is 9.77. The molecule has 0 aromatic carbocycles. The minimum absolute atomic E-state index is 0.0593. The maximum Gasteiger partial charge on any atom is 0.224 e. The van der Waals surface area contributed by atoms with Crippen LogP contribution in [0.2, 0.25) is 0 Å². The Hall–Kier alpha value is -0.220. The van der Waals surface area contributed by atoms with E-state index in [9.17, 15) is 4.79 Å². The summed E-state index contributed by atoms with van der Waals surface area (Å²) in [5.74, 6) is 0.208. The second-order valence-electron chi connectivity index (χ2n) is 3.99. The highest BCUT2D eigenvalue weighted by atomic mass is 32.2. The van der Waals surface area contributed by atoms with E-state index in [2.05, 4.69) is 18.5 Å². The SMILES string of the molecule is CSC(C)CNC(=O)C1CCCC1N. The van der Waals surface area contributed by atoms with Gasteiger partial charge in [-0.15, -0.1) is 0 Å². The van der Waals surface area contributed by atoms with Crippen molar-refractivity contribution in [2.45, 2.75) is 37.5 Å². The summed E-state index contributed by atoms with van der Waals surface area (Å²) in [5.41, 5.74) is 5.85. The molecule has 0 aromatic heterocycles. The van der Waals surface area contributed by atoms with Crippen molar-refractivity contribution < 1.29 is 4.79 Å². The van der Waals surface area contributed by atoms with Crippen LogP contribution >= 0.6 is 11.8 Å². The van der Waals surface area contributed by atoms with E-state index in [0.29, 0.717) is 5.25 Å². The van der Waals surface area contributed by atoms with Gasteiger partial charge in [0.25, 0.3) is 0 Å². The van der Waals surface area contributed by atoms with E-state index in [1.807, 2.05) is 0 Å². The second kappa shape index (κ2) is 5.61. The number of carbonyl (C=O) groups excluding carboxylic acids is 1. The number of carbonyl (C=O) groups is 1. The fourth-order valence-corrected chi connectivity index (χ4v) is 2.02. The van der Waals surface area contributed by atoms with Crippen molar-refractivity contribution >= 4 is 17.7 Å². The average Bonchev–Trinajstić information content (AvgIpc) is 2.60. The normalized spacial score (nSPS) is 28.8. The molecule has 1 fully saturated rings. The Morgan fingerprint density at radius 2 is 2.36 bits per heavy atom. The minimum Gasteiger partial charge on any atom is -0.355 e. The molecule has 1 aliphatic rings. The first-order valence-electron chi connectivity index (χ1n) is 5.21. The van der Waals surface area contributed by atoms with Gasteiger partial charge in [0, 0.05) is 17.8 Å². The molecular formula is C10H20N2OS. The predicted molar refractivity (Wildman–Crippen MR) is 61.3 cm³/mol. The van der Waals surface area contributed by atoms with Crippen LogP contribution in [0.5, 0.6) is 0 Å². The van der Waals surface area contributed by atoms with E-state index < -0.39 is 0 Å². The van der Waals surface area contributed by atoms with Gasteiger partial charge in [-0.2, -0.15) is 11.8 Å². The topological polar surface area (TPSA) is 55.1 Å². The van der Waals surface area contributed by atoms with Crippen LogP contribution in [0.1, 0.15) is 26.2 Å². The molecule has 14 heavy (non-hydrogen) atoms. The molecular weight excluding hydrogens is 196 g/mol. The summed E-state index contributed by atoms with van der Waals surface area (Å²) >= 11 is 1.76. The molecule has 3 unspecified atom stereocenters. The molecule has 0 aromatic rings. The molecule has 4 heteroatoms. The fraction of sp³-hybridized carbons (Fsp3) is 0.900. The molecule has 0 saturated heterocycles. The monoisotopic (exact) mass is 216 g/mol.